The summed E-state index contributed by atoms with van der Waals surface area (Å²) in [5.41, 5.74) is 4.35. The van der Waals surface area contributed by atoms with Gasteiger partial charge in [-0.3, -0.25) is 4.98 Å². The monoisotopic (exact) mass is 497 g/mol. The molecule has 0 amide bonds. The molecule has 0 bridgehead atoms. The zero-order chi connectivity index (χ0) is 22.0. The molecule has 0 aliphatic rings. The lowest BCUT2D eigenvalue weighted by atomic mass is 9.94. The summed E-state index contributed by atoms with van der Waals surface area (Å²) >= 11 is 2.33. The van der Waals surface area contributed by atoms with Crippen molar-refractivity contribution >= 4 is 38.3 Å². The van der Waals surface area contributed by atoms with Crippen molar-refractivity contribution in [2.75, 3.05) is 0 Å². The van der Waals surface area contributed by atoms with Crippen LogP contribution in [0.5, 0.6) is 0 Å². The van der Waals surface area contributed by atoms with Gasteiger partial charge in [0.1, 0.15) is 10.4 Å². The van der Waals surface area contributed by atoms with Gasteiger partial charge in [0.2, 0.25) is 0 Å². The van der Waals surface area contributed by atoms with Gasteiger partial charge in [-0.25, -0.2) is 0 Å². The lowest BCUT2D eigenvalue weighted by molar-refractivity contribution is 0.459. The van der Waals surface area contributed by atoms with E-state index in [2.05, 4.69) is 30.8 Å². The van der Waals surface area contributed by atoms with Gasteiger partial charge in [-0.15, -0.1) is 4.72 Å². The summed E-state index contributed by atoms with van der Waals surface area (Å²) < 4.78 is 22.5. The second-order valence-electron chi connectivity index (χ2n) is 8.30. The van der Waals surface area contributed by atoms with E-state index < -0.39 is 16.1 Å². The Morgan fingerprint density at radius 1 is 1.06 bits per heavy atom. The second-order valence-corrected chi connectivity index (χ2v) is 11.2. The molecule has 1 N–H and O–H groups in total. The number of nitrogens with one attached hydrogen (secondary N) is 1. The third-order valence-corrected chi connectivity index (χ3v) is 7.34. The van der Waals surface area contributed by atoms with Crippen LogP contribution in [0.2, 0.25) is 0 Å². The molecule has 0 aliphatic carbocycles. The Hall–Kier alpha value is -2.19. The molecule has 2 atom stereocenters. The van der Waals surface area contributed by atoms with E-state index in [9.17, 15) is 4.55 Å². The zero-order valence-electron chi connectivity index (χ0n) is 17.6. The maximum Gasteiger partial charge on any atom is 0.167 e. The first-order chi connectivity index (χ1) is 14.8. The minimum Gasteiger partial charge on any atom is -0.598 e. The van der Waals surface area contributed by atoms with Gasteiger partial charge in [-0.05, 0) is 66.5 Å². The summed E-state index contributed by atoms with van der Waals surface area (Å²) in [4.78, 5) is 4.54. The van der Waals surface area contributed by atoms with Crippen LogP contribution < -0.4 is 4.72 Å². The number of halogens is 1. The first-order valence-electron chi connectivity index (χ1n) is 10.1. The molecule has 2 aromatic heterocycles. The van der Waals surface area contributed by atoms with Crippen LogP contribution in [0.3, 0.4) is 0 Å². The van der Waals surface area contributed by atoms with Gasteiger partial charge in [0.25, 0.3) is 0 Å². The minimum absolute atomic E-state index is 0.238. The minimum atomic E-state index is -1.27. The van der Waals surface area contributed by atoms with Gasteiger partial charge >= 0.3 is 0 Å². The Morgan fingerprint density at radius 2 is 1.81 bits per heavy atom. The summed E-state index contributed by atoms with van der Waals surface area (Å²) in [6.07, 6.45) is 2.34. The van der Waals surface area contributed by atoms with Crippen molar-refractivity contribution in [2.24, 2.45) is 0 Å². The summed E-state index contributed by atoms with van der Waals surface area (Å²) in [5, 5.41) is 5.31. The average molecular weight is 498 g/mol. The molecule has 0 fully saturated rings. The van der Waals surface area contributed by atoms with Gasteiger partial charge in [-0.2, -0.15) is 0 Å². The van der Waals surface area contributed by atoms with Crippen molar-refractivity contribution < 1.29 is 9.08 Å². The van der Waals surface area contributed by atoms with Crippen molar-refractivity contribution in [1.82, 2.24) is 14.9 Å². The molecule has 5 nitrogen and oxygen atoms in total. The van der Waals surface area contributed by atoms with Crippen molar-refractivity contribution in [3.63, 3.8) is 0 Å². The number of hydrogen-bond acceptors (Lipinski definition) is 5. The number of para-hydroxylation sites is 1. The number of fused-ring (bicyclic) bond motifs is 1. The third kappa shape index (κ3) is 4.85. The molecule has 0 aliphatic heterocycles. The number of aromatic nitrogens is 2. The molecule has 0 radical (unpaired) electrons. The third-order valence-electron chi connectivity index (χ3n) is 5.01. The number of benzene rings is 2. The first-order valence-corrected chi connectivity index (χ1v) is 12.0. The van der Waals surface area contributed by atoms with Crippen LogP contribution in [-0.4, -0.2) is 19.4 Å². The summed E-state index contributed by atoms with van der Waals surface area (Å²) in [7, 11) is 0. The van der Waals surface area contributed by atoms with E-state index in [-0.39, 0.29) is 6.04 Å². The van der Waals surface area contributed by atoms with E-state index in [0.717, 1.165) is 38.0 Å². The van der Waals surface area contributed by atoms with Crippen molar-refractivity contribution in [3.05, 3.63) is 82.6 Å². The van der Waals surface area contributed by atoms with E-state index in [1.807, 2.05) is 81.4 Å². The highest BCUT2D eigenvalue weighted by atomic mass is 79.9. The molecular weight excluding hydrogens is 474 g/mol. The number of nitrogens with zero attached hydrogens (tertiary/aromatic N) is 2. The van der Waals surface area contributed by atoms with E-state index in [0.29, 0.717) is 6.42 Å². The van der Waals surface area contributed by atoms with E-state index in [1.54, 1.807) is 6.20 Å². The Morgan fingerprint density at radius 3 is 2.58 bits per heavy atom. The fraction of sp³-hybridized carbons (Fsp3) is 0.250. The molecule has 4 aromatic rings. The topological polar surface area (TPSA) is 74.0 Å². The Balaban J connectivity index is 1.81. The maximum atomic E-state index is 13.1. The van der Waals surface area contributed by atoms with Crippen molar-refractivity contribution in [1.29, 1.82) is 0 Å². The quantitative estimate of drug-likeness (QED) is 0.331. The molecule has 31 heavy (non-hydrogen) atoms. The van der Waals surface area contributed by atoms with Gasteiger partial charge in [0, 0.05) is 39.4 Å². The Kier molecular flexibility index (Phi) is 6.48. The molecule has 160 valence electrons. The van der Waals surface area contributed by atoms with Crippen molar-refractivity contribution in [2.45, 2.75) is 38.0 Å². The summed E-state index contributed by atoms with van der Waals surface area (Å²) in [6, 6.07) is 19.5. The molecule has 2 unspecified atom stereocenters. The van der Waals surface area contributed by atoms with Crippen LogP contribution >= 0.6 is 15.9 Å². The van der Waals surface area contributed by atoms with Crippen LogP contribution in [0.15, 0.2) is 75.9 Å². The van der Waals surface area contributed by atoms with Gasteiger partial charge in [0.15, 0.2) is 5.58 Å². The van der Waals surface area contributed by atoms with Crippen LogP contribution in [0.25, 0.3) is 22.2 Å². The molecule has 4 rings (SSSR count). The predicted molar refractivity (Wildman–Crippen MR) is 129 cm³/mol. The van der Waals surface area contributed by atoms with Crippen LogP contribution in [0.1, 0.15) is 38.1 Å². The van der Waals surface area contributed by atoms with Crippen LogP contribution in [-0.2, 0) is 17.8 Å². The molecule has 0 saturated heterocycles. The molecular formula is C24H24BrN3O2S. The average Bonchev–Trinajstić information content (AvgIpc) is 3.18. The standard InChI is InChI=1S/C24H24BrN3O2S/c1-24(2,3)31(29)28-20(15-21-19(25)12-8-14-26-21)16-9-4-5-10-17(16)23-18-11-6-7-13-22(18)30-27-23/h4-14,20,28H,15H2,1-3H3. The van der Waals surface area contributed by atoms with Crippen LogP contribution in [0, 0.1) is 0 Å². The Bertz CT molecular complexity index is 1190. The van der Waals surface area contributed by atoms with E-state index in [1.165, 1.54) is 0 Å². The molecule has 2 aromatic carbocycles. The number of hydrogen-bond donors (Lipinski definition) is 1. The molecule has 7 heteroatoms. The largest absolute Gasteiger partial charge is 0.598 e. The number of rotatable bonds is 6. The summed E-state index contributed by atoms with van der Waals surface area (Å²) in [6.45, 7) is 5.88. The lowest BCUT2D eigenvalue weighted by Gasteiger charge is -2.29. The van der Waals surface area contributed by atoms with Crippen LogP contribution in [0.4, 0.5) is 0 Å². The molecule has 2 heterocycles. The maximum absolute atomic E-state index is 13.1. The molecule has 0 saturated carbocycles. The van der Waals surface area contributed by atoms with E-state index >= 15 is 0 Å². The highest BCUT2D eigenvalue weighted by Gasteiger charge is 2.32. The zero-order valence-corrected chi connectivity index (χ0v) is 20.0. The summed E-state index contributed by atoms with van der Waals surface area (Å²) in [5.74, 6) is 0. The highest BCUT2D eigenvalue weighted by molar-refractivity contribution is 9.10. The fourth-order valence-electron chi connectivity index (χ4n) is 3.38. The normalized spacial score (nSPS) is 14.0. The fourth-order valence-corrected chi connectivity index (χ4v) is 4.62. The Labute approximate surface area is 193 Å². The lowest BCUT2D eigenvalue weighted by Crippen LogP contribution is -2.42. The van der Waals surface area contributed by atoms with E-state index in [4.69, 9.17) is 4.52 Å². The highest BCUT2D eigenvalue weighted by Crippen LogP contribution is 2.35. The van der Waals surface area contributed by atoms with Gasteiger partial charge in [-0.1, -0.05) is 41.6 Å². The van der Waals surface area contributed by atoms with Gasteiger partial charge in [0.05, 0.1) is 11.7 Å². The molecule has 0 spiro atoms. The second kappa shape index (κ2) is 9.12. The number of pyridine rings is 1. The smallest absolute Gasteiger partial charge is 0.167 e. The van der Waals surface area contributed by atoms with Gasteiger partial charge < -0.3 is 9.08 Å². The van der Waals surface area contributed by atoms with Crippen molar-refractivity contribution in [3.8, 4) is 11.3 Å². The first kappa shape index (κ1) is 22.0. The predicted octanol–water partition coefficient (Wildman–Crippen LogP) is 5.99. The SMILES string of the molecule is CC(C)(C)[S+]([O-])NC(Cc1ncccc1Br)c1ccccc1-c1noc2ccccc12.